The largest absolute Gasteiger partial charge is 0.482 e. The molecule has 0 saturated carbocycles. The Kier molecular flexibility index (Phi) is 14.6. The van der Waals surface area contributed by atoms with Crippen LogP contribution in [-0.4, -0.2) is 64.0 Å². The second-order valence-corrected chi connectivity index (χ2v) is 19.6. The van der Waals surface area contributed by atoms with Crippen molar-refractivity contribution in [2.24, 2.45) is 0 Å². The van der Waals surface area contributed by atoms with Gasteiger partial charge in [0.1, 0.15) is 21.4 Å². The smallest absolute Gasteiger partial charge is 0.355 e. The van der Waals surface area contributed by atoms with Crippen molar-refractivity contribution in [3.05, 3.63) is 158 Å². The Labute approximate surface area is 431 Å². The number of aromatic nitrogens is 4. The van der Waals surface area contributed by atoms with Crippen LogP contribution in [-0.2, 0) is 51.2 Å². The van der Waals surface area contributed by atoms with E-state index in [-0.39, 0.29) is 23.8 Å². The number of aromatic amines is 2. The van der Waals surface area contributed by atoms with E-state index in [1.54, 1.807) is 36.7 Å². The van der Waals surface area contributed by atoms with Crippen molar-refractivity contribution >= 4 is 69.5 Å². The van der Waals surface area contributed by atoms with E-state index in [1.807, 2.05) is 85.1 Å². The lowest BCUT2D eigenvalue weighted by atomic mass is 9.91. The maximum Gasteiger partial charge on any atom is 0.355 e. The second kappa shape index (κ2) is 21.9. The van der Waals surface area contributed by atoms with E-state index in [4.69, 9.17) is 24.2 Å². The van der Waals surface area contributed by atoms with Gasteiger partial charge in [-0.05, 0) is 118 Å². The number of thiazole rings is 2. The zero-order valence-electron chi connectivity index (χ0n) is 40.8. The van der Waals surface area contributed by atoms with Gasteiger partial charge >= 0.3 is 11.9 Å². The number of hydrogen-bond donors (Lipinski definition) is 4. The molecule has 2 aliphatic carbocycles. The van der Waals surface area contributed by atoms with Crippen molar-refractivity contribution in [1.29, 1.82) is 0 Å². The maximum atomic E-state index is 13.0. The van der Waals surface area contributed by atoms with Crippen molar-refractivity contribution in [1.82, 2.24) is 19.9 Å². The first-order valence-electron chi connectivity index (χ1n) is 24.7. The summed E-state index contributed by atoms with van der Waals surface area (Å²) < 4.78 is 15.6. The molecular formula is C58H54N6O7S2. The summed E-state index contributed by atoms with van der Waals surface area (Å²) in [6.45, 7) is 4.34. The molecule has 0 bridgehead atoms. The average molecular weight is 1010 g/mol. The number of benzene rings is 4. The van der Waals surface area contributed by atoms with Crippen LogP contribution in [0.5, 0.6) is 5.88 Å². The summed E-state index contributed by atoms with van der Waals surface area (Å²) in [5.74, 6) is 0.0194. The van der Waals surface area contributed by atoms with Gasteiger partial charge in [0.25, 0.3) is 5.91 Å². The Bertz CT molecular complexity index is 3390. The standard InChI is InChI=1S/C29H25N3O3S.C17H12N2OS.C12H17NO3/c1-2-35-29(34)26-20-11-7-6-10-19(20)24(30-26)15-22-21-14-18(12-13-23(21)31-27(22)33)25-16-36-28(32-25)17-8-4-3-5-9-17;20-16-9-13-8-12(6-7-14(13)18-16)15-10-21-17(19-15)11-4-2-1-3-5-11;1-3-16-12(14)10-8-6-4-5-7-9(8)11(13-10)15-2/h3-5,8-9,12-16,30H,2,6-7,10-11H2,1H3,(H,31,33);1-8,10H,9H2,(H,18,20);13H,3-7H2,1-2H3/b22-15-;;. The summed E-state index contributed by atoms with van der Waals surface area (Å²) in [6.07, 6.45) is 10.3. The first kappa shape index (κ1) is 48.7. The predicted molar refractivity (Wildman–Crippen MR) is 288 cm³/mol. The molecule has 0 radical (unpaired) electrons. The molecule has 6 heterocycles. The van der Waals surface area contributed by atoms with Gasteiger partial charge in [-0.3, -0.25) is 9.59 Å². The van der Waals surface area contributed by atoms with Crippen molar-refractivity contribution in [3.8, 4) is 49.5 Å². The Hall–Kier alpha value is -7.88. The molecule has 73 heavy (non-hydrogen) atoms. The average Bonchev–Trinajstić information content (AvgIpc) is 4.30. The molecular weight excluding hydrogens is 957 g/mol. The molecule has 4 aliphatic rings. The van der Waals surface area contributed by atoms with Gasteiger partial charge in [-0.15, -0.1) is 22.7 Å². The number of methoxy groups -OCH3 is 1. The fourth-order valence-electron chi connectivity index (χ4n) is 9.78. The number of H-pyrrole nitrogens is 2. The molecule has 12 rings (SSSR count). The Morgan fingerprint density at radius 2 is 1.15 bits per heavy atom. The van der Waals surface area contributed by atoms with E-state index in [0.29, 0.717) is 36.6 Å². The Balaban J connectivity index is 0.000000139. The maximum absolute atomic E-state index is 13.0. The third-order valence-electron chi connectivity index (χ3n) is 13.3. The number of hydrogen-bond acceptors (Lipinski definition) is 11. The van der Waals surface area contributed by atoms with Gasteiger partial charge in [0, 0.05) is 61.2 Å². The normalized spacial score (nSPS) is 14.5. The van der Waals surface area contributed by atoms with Crippen LogP contribution in [0.2, 0.25) is 0 Å². The minimum absolute atomic E-state index is 0.0606. The van der Waals surface area contributed by atoms with Crippen LogP contribution < -0.4 is 15.4 Å². The lowest BCUT2D eigenvalue weighted by Gasteiger charge is -2.13. The Morgan fingerprint density at radius 1 is 0.616 bits per heavy atom. The van der Waals surface area contributed by atoms with Gasteiger partial charge in [0.15, 0.2) is 5.88 Å². The molecule has 2 amide bonds. The van der Waals surface area contributed by atoms with Crippen LogP contribution in [0.15, 0.2) is 108 Å². The first-order valence-corrected chi connectivity index (χ1v) is 26.4. The molecule has 8 aromatic rings. The van der Waals surface area contributed by atoms with Gasteiger partial charge in [-0.2, -0.15) is 0 Å². The van der Waals surface area contributed by atoms with E-state index in [2.05, 4.69) is 56.3 Å². The van der Waals surface area contributed by atoms with Crippen LogP contribution in [0.1, 0.15) is 99.6 Å². The van der Waals surface area contributed by atoms with Crippen LogP contribution in [0, 0.1) is 0 Å². The second-order valence-electron chi connectivity index (χ2n) is 17.9. The van der Waals surface area contributed by atoms with Crippen LogP contribution >= 0.6 is 22.7 Å². The minimum Gasteiger partial charge on any atom is -0.482 e. The number of nitrogens with one attached hydrogen (secondary N) is 4. The molecule has 0 saturated heterocycles. The lowest BCUT2D eigenvalue weighted by molar-refractivity contribution is -0.115. The van der Waals surface area contributed by atoms with Gasteiger partial charge in [-0.1, -0.05) is 72.8 Å². The number of carbonyl (C=O) groups is 4. The highest BCUT2D eigenvalue weighted by Crippen LogP contribution is 2.40. The molecule has 0 spiro atoms. The summed E-state index contributed by atoms with van der Waals surface area (Å²) in [5, 5.41) is 11.9. The highest BCUT2D eigenvalue weighted by molar-refractivity contribution is 7.13. The first-order chi connectivity index (χ1) is 35.7. The van der Waals surface area contributed by atoms with Crippen LogP contribution in [0.4, 0.5) is 11.4 Å². The summed E-state index contributed by atoms with van der Waals surface area (Å²) in [6, 6.07) is 32.2. The van der Waals surface area contributed by atoms with Crippen molar-refractivity contribution in [2.75, 3.05) is 31.0 Å². The zero-order chi connectivity index (χ0) is 50.4. The molecule has 0 atom stereocenters. The molecule has 4 N–H and O–H groups in total. The molecule has 2 aliphatic heterocycles. The topological polar surface area (TPSA) is 177 Å². The molecule has 15 heteroatoms. The molecule has 0 fully saturated rings. The molecule has 4 aromatic carbocycles. The summed E-state index contributed by atoms with van der Waals surface area (Å²) in [5.41, 5.74) is 16.5. The fourth-order valence-corrected chi connectivity index (χ4v) is 11.4. The van der Waals surface area contributed by atoms with Gasteiger partial charge < -0.3 is 34.8 Å². The third-order valence-corrected chi connectivity index (χ3v) is 15.0. The number of esters is 2. The highest BCUT2D eigenvalue weighted by Gasteiger charge is 2.29. The van der Waals surface area contributed by atoms with Gasteiger partial charge in [0.05, 0.1) is 43.7 Å². The van der Waals surface area contributed by atoms with Crippen molar-refractivity contribution < 1.29 is 33.4 Å². The third kappa shape index (κ3) is 10.4. The van der Waals surface area contributed by atoms with Crippen LogP contribution in [0.25, 0.3) is 55.3 Å². The molecule has 370 valence electrons. The Morgan fingerprint density at radius 3 is 1.74 bits per heavy atom. The number of anilines is 2. The molecule has 4 aromatic heterocycles. The number of ether oxygens (including phenoxy) is 3. The van der Waals surface area contributed by atoms with E-state index < -0.39 is 0 Å². The SMILES string of the molecule is CCOC(=O)c1[nH]c(/C=C2\C(=O)Nc3ccc(-c4csc(-c5ccccc5)n4)cc32)c2c1CCCC2.CCOC(=O)c1[nH]c(OC)c2c1CCCC2.O=C1Cc2cc(-c3csc(-c4ccccc4)n3)ccc2N1. The van der Waals surface area contributed by atoms with Gasteiger partial charge in [0.2, 0.25) is 5.91 Å². The number of amides is 2. The van der Waals surface area contributed by atoms with E-state index in [0.717, 1.165) is 151 Å². The molecule has 13 nitrogen and oxygen atoms in total. The van der Waals surface area contributed by atoms with Crippen molar-refractivity contribution in [3.63, 3.8) is 0 Å². The minimum atomic E-state index is -0.336. The number of rotatable bonds is 10. The summed E-state index contributed by atoms with van der Waals surface area (Å²) in [4.78, 5) is 64.6. The van der Waals surface area contributed by atoms with E-state index >= 15 is 0 Å². The summed E-state index contributed by atoms with van der Waals surface area (Å²) >= 11 is 3.24. The molecule has 0 unspecified atom stereocenters. The van der Waals surface area contributed by atoms with Gasteiger partial charge in [-0.25, -0.2) is 19.6 Å². The lowest BCUT2D eigenvalue weighted by Crippen LogP contribution is -2.10. The fraction of sp³-hybridized carbons (Fsp3) is 0.241. The van der Waals surface area contributed by atoms with Crippen molar-refractivity contribution in [2.45, 2.75) is 71.6 Å². The zero-order valence-corrected chi connectivity index (χ0v) is 42.4. The van der Waals surface area contributed by atoms with Crippen LogP contribution in [0.3, 0.4) is 0 Å². The van der Waals surface area contributed by atoms with E-state index in [9.17, 15) is 19.2 Å². The highest BCUT2D eigenvalue weighted by atomic mass is 32.1. The summed E-state index contributed by atoms with van der Waals surface area (Å²) in [7, 11) is 1.62. The predicted octanol–water partition coefficient (Wildman–Crippen LogP) is 12.4. The van der Waals surface area contributed by atoms with E-state index in [1.165, 1.54) is 0 Å². The monoisotopic (exact) mass is 1010 g/mol. The number of nitrogens with zero attached hydrogens (tertiary/aromatic N) is 2. The quantitative estimate of drug-likeness (QED) is 0.0767. The number of carbonyl (C=O) groups excluding carboxylic acids is 4. The number of fused-ring (bicyclic) bond motifs is 4.